The van der Waals surface area contributed by atoms with E-state index in [0.29, 0.717) is 22.8 Å². The van der Waals surface area contributed by atoms with Crippen molar-refractivity contribution >= 4 is 28.7 Å². The highest BCUT2D eigenvalue weighted by Crippen LogP contribution is 2.29. The molecule has 106 valence electrons. The van der Waals surface area contributed by atoms with Gasteiger partial charge in [-0.1, -0.05) is 6.07 Å². The number of anilines is 2. The third kappa shape index (κ3) is 2.07. The first-order valence-electron chi connectivity index (χ1n) is 6.84. The van der Waals surface area contributed by atoms with Crippen molar-refractivity contribution in [1.82, 2.24) is 10.3 Å². The number of para-hydroxylation sites is 1. The fourth-order valence-corrected chi connectivity index (χ4v) is 2.68. The molecule has 1 amide bonds. The second kappa shape index (κ2) is 5.03. The number of rotatable bonds is 2. The predicted molar refractivity (Wildman–Crippen MR) is 77.5 cm³/mol. The largest absolute Gasteiger partial charge is 0.423 e. The van der Waals surface area contributed by atoms with Gasteiger partial charge in [0.1, 0.15) is 11.6 Å². The molecule has 1 aliphatic heterocycles. The normalized spacial score (nSPS) is 19.2. The number of benzene rings is 1. The van der Waals surface area contributed by atoms with Crippen molar-refractivity contribution in [1.29, 1.82) is 0 Å². The Labute approximate surface area is 116 Å². The molecular formula is C14H18N4O2. The van der Waals surface area contributed by atoms with E-state index >= 15 is 0 Å². The van der Waals surface area contributed by atoms with Gasteiger partial charge in [-0.15, -0.1) is 0 Å². The number of oxazole rings is 1. The van der Waals surface area contributed by atoms with E-state index in [0.717, 1.165) is 25.8 Å². The van der Waals surface area contributed by atoms with Crippen molar-refractivity contribution in [2.45, 2.75) is 25.3 Å². The summed E-state index contributed by atoms with van der Waals surface area (Å²) in [4.78, 5) is 18.4. The maximum Gasteiger partial charge on any atom is 0.299 e. The number of carbonyl (C=O) groups is 1. The Morgan fingerprint density at radius 3 is 3.10 bits per heavy atom. The van der Waals surface area contributed by atoms with Gasteiger partial charge < -0.3 is 20.4 Å². The Bertz CT molecular complexity index is 637. The predicted octanol–water partition coefficient (Wildman–Crippen LogP) is 1.51. The summed E-state index contributed by atoms with van der Waals surface area (Å²) in [6, 6.07) is 5.72. The minimum absolute atomic E-state index is 0.0000666. The van der Waals surface area contributed by atoms with Crippen LogP contribution >= 0.6 is 0 Å². The number of nitrogen functional groups attached to an aromatic ring is 1. The minimum Gasteiger partial charge on any atom is -0.423 e. The molecule has 20 heavy (non-hydrogen) atoms. The number of aromatic nitrogens is 1. The number of nitrogens with zero attached hydrogens (tertiary/aromatic N) is 2. The third-order valence-corrected chi connectivity index (χ3v) is 3.74. The summed E-state index contributed by atoms with van der Waals surface area (Å²) < 4.78 is 5.77. The summed E-state index contributed by atoms with van der Waals surface area (Å²) in [5.74, 6) is -0.0000666. The van der Waals surface area contributed by atoms with Crippen LogP contribution in [0.15, 0.2) is 22.6 Å². The van der Waals surface area contributed by atoms with E-state index in [1.807, 2.05) is 17.0 Å². The fourth-order valence-electron chi connectivity index (χ4n) is 2.68. The average molecular weight is 274 g/mol. The van der Waals surface area contributed by atoms with Gasteiger partial charge in [-0.2, -0.15) is 4.98 Å². The molecule has 0 radical (unpaired) electrons. The first kappa shape index (κ1) is 12.8. The van der Waals surface area contributed by atoms with Crippen LogP contribution in [0.3, 0.4) is 0 Å². The Hall–Kier alpha value is -2.24. The summed E-state index contributed by atoms with van der Waals surface area (Å²) in [6.07, 6.45) is 2.88. The topological polar surface area (TPSA) is 84.4 Å². The average Bonchev–Trinajstić information content (AvgIpc) is 2.92. The molecule has 6 heteroatoms. The van der Waals surface area contributed by atoms with Crippen molar-refractivity contribution in [2.24, 2.45) is 0 Å². The van der Waals surface area contributed by atoms with E-state index in [1.54, 1.807) is 13.1 Å². The fraction of sp³-hybridized carbons (Fsp3) is 0.429. The van der Waals surface area contributed by atoms with Crippen LogP contribution in [0.1, 0.15) is 19.3 Å². The standard InChI is InChI=1S/C14H18N4O2/c1-16-13(19)10-6-2-3-8-18(10)14-17-12-9(15)5-4-7-11(12)20-14/h4-5,7,10H,2-3,6,8,15H2,1H3,(H,16,19). The zero-order chi connectivity index (χ0) is 14.1. The molecule has 1 aliphatic rings. The van der Waals surface area contributed by atoms with Gasteiger partial charge in [0, 0.05) is 13.6 Å². The Morgan fingerprint density at radius 2 is 2.35 bits per heavy atom. The maximum atomic E-state index is 12.0. The molecule has 1 fully saturated rings. The molecule has 1 saturated heterocycles. The lowest BCUT2D eigenvalue weighted by Gasteiger charge is -2.32. The smallest absolute Gasteiger partial charge is 0.299 e. The minimum atomic E-state index is -0.219. The lowest BCUT2D eigenvalue weighted by molar-refractivity contribution is -0.122. The van der Waals surface area contributed by atoms with E-state index < -0.39 is 0 Å². The molecule has 3 N–H and O–H groups in total. The van der Waals surface area contributed by atoms with Crippen LogP contribution in [0.2, 0.25) is 0 Å². The first-order chi connectivity index (χ1) is 9.70. The molecule has 1 aromatic heterocycles. The molecule has 0 bridgehead atoms. The van der Waals surface area contributed by atoms with Gasteiger partial charge in [0.25, 0.3) is 6.01 Å². The van der Waals surface area contributed by atoms with Crippen LogP contribution in [0.25, 0.3) is 11.1 Å². The number of hydrogen-bond acceptors (Lipinski definition) is 5. The second-order valence-electron chi connectivity index (χ2n) is 5.01. The monoisotopic (exact) mass is 274 g/mol. The molecule has 6 nitrogen and oxygen atoms in total. The van der Waals surface area contributed by atoms with E-state index in [2.05, 4.69) is 10.3 Å². The van der Waals surface area contributed by atoms with Crippen LogP contribution in [0, 0.1) is 0 Å². The second-order valence-corrected chi connectivity index (χ2v) is 5.01. The number of hydrogen-bond donors (Lipinski definition) is 2. The summed E-state index contributed by atoms with van der Waals surface area (Å²) in [5.41, 5.74) is 7.80. The van der Waals surface area contributed by atoms with Crippen molar-refractivity contribution in [3.63, 3.8) is 0 Å². The number of likely N-dealkylation sites (N-methyl/N-ethyl adjacent to an activating group) is 1. The Morgan fingerprint density at radius 1 is 1.50 bits per heavy atom. The Balaban J connectivity index is 1.99. The molecule has 2 heterocycles. The van der Waals surface area contributed by atoms with Crippen LogP contribution in [-0.4, -0.2) is 30.5 Å². The van der Waals surface area contributed by atoms with Gasteiger partial charge in [0.2, 0.25) is 5.91 Å². The van der Waals surface area contributed by atoms with E-state index in [1.165, 1.54) is 0 Å². The molecule has 2 aromatic rings. The number of carbonyl (C=O) groups excluding carboxylic acids is 1. The summed E-state index contributed by atoms with van der Waals surface area (Å²) in [6.45, 7) is 0.769. The van der Waals surface area contributed by atoms with E-state index in [4.69, 9.17) is 10.2 Å². The maximum absolute atomic E-state index is 12.0. The summed E-state index contributed by atoms with van der Waals surface area (Å²) in [5, 5.41) is 2.70. The molecule has 0 saturated carbocycles. The van der Waals surface area contributed by atoms with E-state index in [-0.39, 0.29) is 11.9 Å². The quantitative estimate of drug-likeness (QED) is 0.811. The first-order valence-corrected chi connectivity index (χ1v) is 6.84. The number of fused-ring (bicyclic) bond motifs is 1. The molecule has 1 atom stereocenters. The van der Waals surface area contributed by atoms with Gasteiger partial charge >= 0.3 is 0 Å². The molecule has 1 unspecified atom stereocenters. The number of piperidine rings is 1. The highest BCUT2D eigenvalue weighted by Gasteiger charge is 2.31. The third-order valence-electron chi connectivity index (χ3n) is 3.74. The van der Waals surface area contributed by atoms with Crippen LogP contribution in [0.4, 0.5) is 11.7 Å². The van der Waals surface area contributed by atoms with Gasteiger partial charge in [0.05, 0.1) is 5.69 Å². The van der Waals surface area contributed by atoms with Crippen molar-refractivity contribution in [2.75, 3.05) is 24.2 Å². The van der Waals surface area contributed by atoms with Crippen molar-refractivity contribution < 1.29 is 9.21 Å². The van der Waals surface area contributed by atoms with Crippen LogP contribution < -0.4 is 16.0 Å². The van der Waals surface area contributed by atoms with Crippen LogP contribution in [0.5, 0.6) is 0 Å². The number of nitrogens with two attached hydrogens (primary N) is 1. The zero-order valence-corrected chi connectivity index (χ0v) is 11.4. The van der Waals surface area contributed by atoms with E-state index in [9.17, 15) is 4.79 Å². The molecular weight excluding hydrogens is 256 g/mol. The molecule has 0 aliphatic carbocycles. The number of amides is 1. The number of nitrogens with one attached hydrogen (secondary N) is 1. The summed E-state index contributed by atoms with van der Waals surface area (Å²) >= 11 is 0. The van der Waals surface area contributed by atoms with Crippen molar-refractivity contribution in [3.8, 4) is 0 Å². The molecule has 3 rings (SSSR count). The van der Waals surface area contributed by atoms with Gasteiger partial charge in [0.15, 0.2) is 5.58 Å². The van der Waals surface area contributed by atoms with Gasteiger partial charge in [-0.25, -0.2) is 0 Å². The van der Waals surface area contributed by atoms with Gasteiger partial charge in [-0.3, -0.25) is 4.79 Å². The lowest BCUT2D eigenvalue weighted by atomic mass is 10.0. The Kier molecular flexibility index (Phi) is 3.22. The van der Waals surface area contributed by atoms with Gasteiger partial charge in [-0.05, 0) is 31.4 Å². The lowest BCUT2D eigenvalue weighted by Crippen LogP contribution is -2.49. The summed E-state index contributed by atoms with van der Waals surface area (Å²) in [7, 11) is 1.65. The highest BCUT2D eigenvalue weighted by atomic mass is 16.4. The SMILES string of the molecule is CNC(=O)C1CCCCN1c1nc2c(N)cccc2o1. The molecule has 0 spiro atoms. The zero-order valence-electron chi connectivity index (χ0n) is 11.4. The van der Waals surface area contributed by atoms with Crippen LogP contribution in [-0.2, 0) is 4.79 Å². The molecule has 1 aromatic carbocycles. The van der Waals surface area contributed by atoms with Crippen molar-refractivity contribution in [3.05, 3.63) is 18.2 Å². The highest BCUT2D eigenvalue weighted by molar-refractivity contribution is 5.88.